The molecule has 0 N–H and O–H groups in total. The molecule has 0 saturated heterocycles. The van der Waals surface area contributed by atoms with Crippen LogP contribution < -0.4 is 0 Å². The number of ketones is 2. The number of hydrogen-bond acceptors (Lipinski definition) is 3. The quantitative estimate of drug-likeness (QED) is 0.705. The maximum Gasteiger partial charge on any atom is 0.162 e. The first-order valence-electron chi connectivity index (χ1n) is 8.33. The van der Waals surface area contributed by atoms with Crippen LogP contribution in [0.25, 0.3) is 0 Å². The van der Waals surface area contributed by atoms with Crippen molar-refractivity contribution in [1.29, 1.82) is 0 Å². The van der Waals surface area contributed by atoms with Crippen LogP contribution in [0.5, 0.6) is 0 Å². The third-order valence-electron chi connectivity index (χ3n) is 3.85. The predicted molar refractivity (Wildman–Crippen MR) is 94.3 cm³/mol. The fourth-order valence-electron chi connectivity index (χ4n) is 2.80. The second-order valence-electron chi connectivity index (χ2n) is 5.80. The zero-order valence-corrected chi connectivity index (χ0v) is 14.4. The topological polar surface area (TPSA) is 43.4 Å². The van der Waals surface area contributed by atoms with Gasteiger partial charge >= 0.3 is 0 Å². The van der Waals surface area contributed by atoms with E-state index in [4.69, 9.17) is 4.74 Å². The van der Waals surface area contributed by atoms with E-state index in [2.05, 4.69) is 19.2 Å². The molecule has 0 aromatic carbocycles. The van der Waals surface area contributed by atoms with E-state index in [0.717, 1.165) is 24.0 Å². The highest BCUT2D eigenvalue weighted by atomic mass is 16.5. The summed E-state index contributed by atoms with van der Waals surface area (Å²) in [5.74, 6) is 0.179. The highest BCUT2D eigenvalue weighted by molar-refractivity contribution is 6.10. The molecular weight excluding hydrogens is 288 g/mol. The van der Waals surface area contributed by atoms with Crippen molar-refractivity contribution in [1.82, 2.24) is 0 Å². The Balaban J connectivity index is 0.000000816. The number of ether oxygens (including phenoxy) is 1. The molecule has 2 aliphatic rings. The number of carbonyl (C=O) groups is 2. The van der Waals surface area contributed by atoms with Crippen LogP contribution in [0.1, 0.15) is 52.4 Å². The molecular formula is C20H28O3. The summed E-state index contributed by atoms with van der Waals surface area (Å²) in [5.41, 5.74) is 2.45. The van der Waals surface area contributed by atoms with Crippen LogP contribution in [0, 0.1) is 0 Å². The molecule has 0 amide bonds. The highest BCUT2D eigenvalue weighted by Gasteiger charge is 2.28. The molecule has 0 fully saturated rings. The van der Waals surface area contributed by atoms with Gasteiger partial charge in [-0.05, 0) is 39.5 Å². The molecule has 1 atom stereocenters. The Bertz CT molecular complexity index is 523. The molecule has 23 heavy (non-hydrogen) atoms. The van der Waals surface area contributed by atoms with Crippen LogP contribution in [0.3, 0.4) is 0 Å². The van der Waals surface area contributed by atoms with Crippen molar-refractivity contribution in [2.75, 3.05) is 6.61 Å². The Morgan fingerprint density at radius 1 is 1.22 bits per heavy atom. The Kier molecular flexibility index (Phi) is 8.49. The van der Waals surface area contributed by atoms with Crippen LogP contribution in [0.4, 0.5) is 0 Å². The smallest absolute Gasteiger partial charge is 0.162 e. The van der Waals surface area contributed by atoms with Gasteiger partial charge in [-0.25, -0.2) is 0 Å². The molecule has 2 aliphatic carbocycles. The van der Waals surface area contributed by atoms with E-state index in [9.17, 15) is 9.59 Å². The van der Waals surface area contributed by atoms with E-state index in [1.165, 1.54) is 0 Å². The minimum atomic E-state index is -0.177. The lowest BCUT2D eigenvalue weighted by molar-refractivity contribution is -0.118. The van der Waals surface area contributed by atoms with Crippen molar-refractivity contribution in [2.24, 2.45) is 0 Å². The first kappa shape index (κ1) is 19.3. The summed E-state index contributed by atoms with van der Waals surface area (Å²) in [7, 11) is 0. The van der Waals surface area contributed by atoms with Gasteiger partial charge in [0, 0.05) is 30.6 Å². The lowest BCUT2D eigenvalue weighted by atomic mass is 9.97. The second-order valence-corrected chi connectivity index (χ2v) is 5.80. The third kappa shape index (κ3) is 6.11. The molecule has 0 aliphatic heterocycles. The average Bonchev–Trinajstić information content (AvgIpc) is 2.84. The van der Waals surface area contributed by atoms with Crippen molar-refractivity contribution in [3.63, 3.8) is 0 Å². The summed E-state index contributed by atoms with van der Waals surface area (Å²) in [4.78, 5) is 24.4. The van der Waals surface area contributed by atoms with Crippen molar-refractivity contribution >= 4 is 11.6 Å². The standard InChI is InChI=1S/C17H22O3.C3H6/c1-3-20-13-7-5-4-6-12(2)10-15-14(17(19)11-13)8-9-16(15)18;1-3-2/h5,7,13H,2-4,6,8-11H2,1H3;3H,1H2,2H3/b7-5+;. The van der Waals surface area contributed by atoms with E-state index in [0.29, 0.717) is 37.9 Å². The van der Waals surface area contributed by atoms with Gasteiger partial charge in [0.05, 0.1) is 6.10 Å². The van der Waals surface area contributed by atoms with Gasteiger partial charge in [-0.1, -0.05) is 30.4 Å². The Morgan fingerprint density at radius 2 is 1.91 bits per heavy atom. The minimum Gasteiger partial charge on any atom is -0.374 e. The average molecular weight is 316 g/mol. The van der Waals surface area contributed by atoms with Crippen molar-refractivity contribution in [2.45, 2.75) is 58.5 Å². The molecule has 0 spiro atoms. The molecule has 126 valence electrons. The van der Waals surface area contributed by atoms with Crippen LogP contribution in [0.2, 0.25) is 0 Å². The number of Topliss-reactive ketones (excluding diaryl/α,β-unsaturated/α-hetero) is 2. The molecule has 1 unspecified atom stereocenters. The van der Waals surface area contributed by atoms with E-state index < -0.39 is 0 Å². The zero-order chi connectivity index (χ0) is 17.2. The fourth-order valence-corrected chi connectivity index (χ4v) is 2.80. The van der Waals surface area contributed by atoms with Gasteiger partial charge in [0.15, 0.2) is 11.6 Å². The summed E-state index contributed by atoms with van der Waals surface area (Å²) in [5, 5.41) is 0. The van der Waals surface area contributed by atoms with E-state index in [1.807, 2.05) is 19.9 Å². The minimum absolute atomic E-state index is 0.0589. The number of rotatable bonds is 2. The predicted octanol–water partition coefficient (Wildman–Crippen LogP) is 4.50. The number of allylic oxidation sites excluding steroid dienone is 5. The third-order valence-corrected chi connectivity index (χ3v) is 3.85. The van der Waals surface area contributed by atoms with E-state index >= 15 is 0 Å². The second kappa shape index (κ2) is 10.1. The Hall–Kier alpha value is -1.74. The van der Waals surface area contributed by atoms with Crippen LogP contribution in [0.15, 0.2) is 48.1 Å². The van der Waals surface area contributed by atoms with Gasteiger partial charge in [0.2, 0.25) is 0 Å². The van der Waals surface area contributed by atoms with Crippen LogP contribution in [-0.4, -0.2) is 24.3 Å². The largest absolute Gasteiger partial charge is 0.374 e. The van der Waals surface area contributed by atoms with E-state index in [1.54, 1.807) is 6.08 Å². The molecule has 2 rings (SSSR count). The molecule has 3 nitrogen and oxygen atoms in total. The van der Waals surface area contributed by atoms with Gasteiger partial charge in [-0.3, -0.25) is 9.59 Å². The summed E-state index contributed by atoms with van der Waals surface area (Å²) in [6.07, 6.45) is 9.29. The van der Waals surface area contributed by atoms with Crippen molar-refractivity contribution < 1.29 is 14.3 Å². The summed E-state index contributed by atoms with van der Waals surface area (Å²) >= 11 is 0. The molecule has 0 saturated carbocycles. The summed E-state index contributed by atoms with van der Waals surface area (Å²) in [6.45, 7) is 11.8. The van der Waals surface area contributed by atoms with E-state index in [-0.39, 0.29) is 17.7 Å². The highest BCUT2D eigenvalue weighted by Crippen LogP contribution is 2.31. The lowest BCUT2D eigenvalue weighted by Crippen LogP contribution is -2.17. The Labute approximate surface area is 139 Å². The van der Waals surface area contributed by atoms with Crippen LogP contribution in [-0.2, 0) is 14.3 Å². The first-order valence-corrected chi connectivity index (χ1v) is 8.33. The van der Waals surface area contributed by atoms with Crippen LogP contribution >= 0.6 is 0 Å². The maximum atomic E-state index is 12.4. The maximum absolute atomic E-state index is 12.4. The van der Waals surface area contributed by atoms with Gasteiger partial charge in [-0.2, -0.15) is 0 Å². The molecule has 0 aromatic rings. The number of hydrogen-bond donors (Lipinski definition) is 0. The summed E-state index contributed by atoms with van der Waals surface area (Å²) in [6, 6.07) is 0. The normalized spacial score (nSPS) is 23.6. The van der Waals surface area contributed by atoms with Gasteiger partial charge in [0.25, 0.3) is 0 Å². The van der Waals surface area contributed by atoms with Crippen molar-refractivity contribution in [3.05, 3.63) is 48.1 Å². The SMILES string of the molecule is C=C1CC/C=C/C(OCC)CC(=O)C2=C(C1)C(=O)CC2.C=CC. The molecule has 0 radical (unpaired) electrons. The fraction of sp³-hybridized carbons (Fsp3) is 0.500. The first-order chi connectivity index (χ1) is 11.0. The summed E-state index contributed by atoms with van der Waals surface area (Å²) < 4.78 is 5.59. The van der Waals surface area contributed by atoms with Crippen molar-refractivity contribution in [3.8, 4) is 0 Å². The van der Waals surface area contributed by atoms with Gasteiger partial charge in [-0.15, -0.1) is 6.58 Å². The molecule has 0 bridgehead atoms. The molecule has 0 aromatic heterocycles. The molecule has 3 heteroatoms. The van der Waals surface area contributed by atoms with Gasteiger partial charge in [0.1, 0.15) is 0 Å². The monoisotopic (exact) mass is 316 g/mol. The Morgan fingerprint density at radius 3 is 2.57 bits per heavy atom. The number of carbonyl (C=O) groups excluding carboxylic acids is 2. The zero-order valence-electron chi connectivity index (χ0n) is 14.4. The molecule has 0 heterocycles. The van der Waals surface area contributed by atoms with Gasteiger partial charge < -0.3 is 4.74 Å². The lowest BCUT2D eigenvalue weighted by Gasteiger charge is -2.13.